The molecule has 1 aromatic heterocycles. The van der Waals surface area contributed by atoms with Gasteiger partial charge in [0.25, 0.3) is 0 Å². The first-order valence-corrected chi connectivity index (χ1v) is 9.27. The molecule has 0 saturated carbocycles. The average molecular weight is 329 g/mol. The zero-order chi connectivity index (χ0) is 16.4. The molecule has 4 heterocycles. The fraction of sp³-hybridized carbons (Fsp3) is 0.684. The van der Waals surface area contributed by atoms with Gasteiger partial charge in [0, 0.05) is 51.3 Å². The summed E-state index contributed by atoms with van der Waals surface area (Å²) in [7, 11) is 0. The minimum absolute atomic E-state index is 0.140. The molecular formula is C19H27N3O2. The second-order valence-corrected chi connectivity index (χ2v) is 7.55. The lowest BCUT2D eigenvalue weighted by molar-refractivity contribution is -0.150. The zero-order valence-electron chi connectivity index (χ0n) is 14.3. The van der Waals surface area contributed by atoms with Crippen molar-refractivity contribution in [1.82, 2.24) is 14.8 Å². The summed E-state index contributed by atoms with van der Waals surface area (Å²) in [5.74, 6) is 0.411. The Morgan fingerprint density at radius 3 is 2.92 bits per heavy atom. The molecular weight excluding hydrogens is 302 g/mol. The fourth-order valence-corrected chi connectivity index (χ4v) is 4.67. The second-order valence-electron chi connectivity index (χ2n) is 7.55. The maximum Gasteiger partial charge on any atom is 0.230 e. The molecule has 3 saturated heterocycles. The third-order valence-electron chi connectivity index (χ3n) is 5.96. The summed E-state index contributed by atoms with van der Waals surface area (Å²) in [6.07, 6.45) is 8.95. The molecule has 1 atom stereocenters. The molecule has 0 aromatic carbocycles. The van der Waals surface area contributed by atoms with Crippen molar-refractivity contribution in [1.29, 1.82) is 0 Å². The number of piperidine rings is 1. The average Bonchev–Trinajstić information content (AvgIpc) is 3.03. The molecule has 1 aromatic rings. The minimum atomic E-state index is -0.140. The van der Waals surface area contributed by atoms with E-state index >= 15 is 0 Å². The van der Waals surface area contributed by atoms with Gasteiger partial charge >= 0.3 is 0 Å². The molecule has 1 amide bonds. The second kappa shape index (κ2) is 6.81. The Hall–Kier alpha value is -1.46. The van der Waals surface area contributed by atoms with Crippen LogP contribution in [-0.4, -0.2) is 59.6 Å². The smallest absolute Gasteiger partial charge is 0.230 e. The van der Waals surface area contributed by atoms with E-state index in [4.69, 9.17) is 4.74 Å². The molecule has 1 spiro atoms. The van der Waals surface area contributed by atoms with E-state index in [0.29, 0.717) is 11.9 Å². The Kier molecular flexibility index (Phi) is 4.55. The van der Waals surface area contributed by atoms with Crippen LogP contribution >= 0.6 is 0 Å². The maximum atomic E-state index is 13.3. The number of hydrogen-bond acceptors (Lipinski definition) is 4. The van der Waals surface area contributed by atoms with Crippen molar-refractivity contribution >= 4 is 5.91 Å². The summed E-state index contributed by atoms with van der Waals surface area (Å²) in [4.78, 5) is 22.1. The Labute approximate surface area is 144 Å². The van der Waals surface area contributed by atoms with Crippen LogP contribution in [0, 0.1) is 5.41 Å². The molecule has 3 aliphatic rings. The van der Waals surface area contributed by atoms with Crippen LogP contribution in [0.4, 0.5) is 0 Å². The molecule has 0 N–H and O–H groups in total. The summed E-state index contributed by atoms with van der Waals surface area (Å²) in [6.45, 7) is 5.36. The van der Waals surface area contributed by atoms with E-state index in [1.165, 1.54) is 5.56 Å². The van der Waals surface area contributed by atoms with E-state index in [1.54, 1.807) is 0 Å². The van der Waals surface area contributed by atoms with Gasteiger partial charge in [-0.2, -0.15) is 0 Å². The first-order valence-electron chi connectivity index (χ1n) is 9.27. The van der Waals surface area contributed by atoms with E-state index in [9.17, 15) is 4.79 Å². The first-order chi connectivity index (χ1) is 11.8. The van der Waals surface area contributed by atoms with Gasteiger partial charge in [0.1, 0.15) is 0 Å². The molecule has 0 aliphatic carbocycles. The maximum absolute atomic E-state index is 13.3. The van der Waals surface area contributed by atoms with Gasteiger partial charge in [-0.15, -0.1) is 0 Å². The van der Waals surface area contributed by atoms with Crippen molar-refractivity contribution < 1.29 is 9.53 Å². The predicted molar refractivity (Wildman–Crippen MR) is 91.4 cm³/mol. The molecule has 4 rings (SSSR count). The molecule has 0 unspecified atom stereocenters. The fourth-order valence-electron chi connectivity index (χ4n) is 4.67. The van der Waals surface area contributed by atoms with Gasteiger partial charge in [-0.3, -0.25) is 14.7 Å². The summed E-state index contributed by atoms with van der Waals surface area (Å²) >= 11 is 0. The van der Waals surface area contributed by atoms with Crippen molar-refractivity contribution in [2.45, 2.75) is 44.7 Å². The molecule has 130 valence electrons. The highest BCUT2D eigenvalue weighted by atomic mass is 16.5. The number of carbonyl (C=O) groups is 1. The minimum Gasteiger partial charge on any atom is -0.381 e. The Morgan fingerprint density at radius 1 is 1.25 bits per heavy atom. The van der Waals surface area contributed by atoms with E-state index in [0.717, 1.165) is 71.5 Å². The van der Waals surface area contributed by atoms with E-state index in [-0.39, 0.29) is 5.41 Å². The van der Waals surface area contributed by atoms with Gasteiger partial charge in [-0.25, -0.2) is 0 Å². The molecule has 3 aliphatic heterocycles. The summed E-state index contributed by atoms with van der Waals surface area (Å²) in [6, 6.07) is 4.50. The largest absolute Gasteiger partial charge is 0.381 e. The number of ether oxygens (including phenoxy) is 1. The lowest BCUT2D eigenvalue weighted by Gasteiger charge is -2.44. The number of nitrogens with zero attached hydrogens (tertiary/aromatic N) is 3. The lowest BCUT2D eigenvalue weighted by Crippen LogP contribution is -2.54. The third-order valence-corrected chi connectivity index (χ3v) is 5.96. The van der Waals surface area contributed by atoms with Gasteiger partial charge < -0.3 is 9.64 Å². The number of carbonyl (C=O) groups excluding carboxylic acids is 1. The highest BCUT2D eigenvalue weighted by Gasteiger charge is 2.49. The van der Waals surface area contributed by atoms with Crippen molar-refractivity contribution in [2.75, 3.05) is 32.8 Å². The standard InChI is InChI=1S/C19H27N3O2/c23-18-19(6-2-9-22(18)17-4-11-24-12-5-17)7-10-21(15-19)14-16-3-1-8-20-13-16/h1,3,8,13,17H,2,4-7,9-12,14-15H2/t19-/m1/s1. The van der Waals surface area contributed by atoms with E-state index < -0.39 is 0 Å². The molecule has 5 nitrogen and oxygen atoms in total. The number of pyridine rings is 1. The van der Waals surface area contributed by atoms with Crippen molar-refractivity contribution in [3.63, 3.8) is 0 Å². The number of hydrogen-bond donors (Lipinski definition) is 0. The van der Waals surface area contributed by atoms with Crippen LogP contribution in [0.3, 0.4) is 0 Å². The molecule has 24 heavy (non-hydrogen) atoms. The van der Waals surface area contributed by atoms with Crippen molar-refractivity contribution in [2.24, 2.45) is 5.41 Å². The van der Waals surface area contributed by atoms with Gasteiger partial charge in [0.2, 0.25) is 5.91 Å². The van der Waals surface area contributed by atoms with Crippen molar-refractivity contribution in [3.05, 3.63) is 30.1 Å². The van der Waals surface area contributed by atoms with Crippen LogP contribution in [0.15, 0.2) is 24.5 Å². The van der Waals surface area contributed by atoms with Crippen molar-refractivity contribution in [3.8, 4) is 0 Å². The summed E-state index contributed by atoms with van der Waals surface area (Å²) < 4.78 is 5.47. The van der Waals surface area contributed by atoms with Crippen LogP contribution in [0.1, 0.15) is 37.7 Å². The van der Waals surface area contributed by atoms with Gasteiger partial charge in [0.05, 0.1) is 5.41 Å². The SMILES string of the molecule is O=C1N(C2CCOCC2)CCC[C@]12CCN(Cc1cccnc1)C2. The highest BCUT2D eigenvalue weighted by molar-refractivity contribution is 5.84. The molecule has 3 fully saturated rings. The predicted octanol–water partition coefficient (Wildman–Crippen LogP) is 2.08. The normalized spacial score (nSPS) is 29.5. The highest BCUT2D eigenvalue weighted by Crippen LogP contribution is 2.41. The monoisotopic (exact) mass is 329 g/mol. The lowest BCUT2D eigenvalue weighted by atomic mass is 9.77. The molecule has 0 radical (unpaired) electrons. The van der Waals surface area contributed by atoms with Gasteiger partial charge in [0.15, 0.2) is 0 Å². The van der Waals surface area contributed by atoms with Crippen LogP contribution in [0.5, 0.6) is 0 Å². The summed E-state index contributed by atoms with van der Waals surface area (Å²) in [5, 5.41) is 0. The number of likely N-dealkylation sites (tertiary alicyclic amines) is 2. The van der Waals surface area contributed by atoms with Crippen LogP contribution in [0.2, 0.25) is 0 Å². The number of aromatic nitrogens is 1. The number of rotatable bonds is 3. The first kappa shape index (κ1) is 16.0. The Bertz CT molecular complexity index is 573. The molecule has 5 heteroatoms. The van der Waals surface area contributed by atoms with E-state index in [2.05, 4.69) is 20.9 Å². The molecule has 0 bridgehead atoms. The van der Waals surface area contributed by atoms with Gasteiger partial charge in [-0.1, -0.05) is 6.07 Å². The van der Waals surface area contributed by atoms with Crippen LogP contribution in [-0.2, 0) is 16.1 Å². The third kappa shape index (κ3) is 3.07. The zero-order valence-corrected chi connectivity index (χ0v) is 14.3. The Balaban J connectivity index is 1.43. The van der Waals surface area contributed by atoms with E-state index in [1.807, 2.05) is 18.5 Å². The van der Waals surface area contributed by atoms with Crippen LogP contribution < -0.4 is 0 Å². The van der Waals surface area contributed by atoms with Gasteiger partial charge in [-0.05, 0) is 50.3 Å². The summed E-state index contributed by atoms with van der Waals surface area (Å²) in [5.41, 5.74) is 1.10. The van der Waals surface area contributed by atoms with Crippen LogP contribution in [0.25, 0.3) is 0 Å². The Morgan fingerprint density at radius 2 is 2.12 bits per heavy atom. The number of amides is 1. The quantitative estimate of drug-likeness (QED) is 0.852. The topological polar surface area (TPSA) is 45.7 Å².